The minimum Gasteiger partial charge on any atom is -0.379 e. The number of nitrogens with zero attached hydrogens (tertiary/aromatic N) is 2. The van der Waals surface area contributed by atoms with Crippen molar-refractivity contribution in [2.24, 2.45) is 11.8 Å². The molecule has 1 aliphatic carbocycles. The van der Waals surface area contributed by atoms with Crippen molar-refractivity contribution in [3.63, 3.8) is 0 Å². The molecule has 1 saturated carbocycles. The van der Waals surface area contributed by atoms with Crippen LogP contribution in [-0.2, 0) is 19.6 Å². The highest BCUT2D eigenvalue weighted by molar-refractivity contribution is 7.89. The van der Waals surface area contributed by atoms with Crippen molar-refractivity contribution in [2.75, 3.05) is 20.2 Å². The molecule has 0 aromatic heterocycles. The second kappa shape index (κ2) is 7.35. The van der Waals surface area contributed by atoms with Gasteiger partial charge in [-0.05, 0) is 42.9 Å². The van der Waals surface area contributed by atoms with Gasteiger partial charge in [0.15, 0.2) is 0 Å². The molecule has 1 aromatic carbocycles. The molecule has 1 amide bonds. The summed E-state index contributed by atoms with van der Waals surface area (Å²) in [6.45, 7) is 2.35. The van der Waals surface area contributed by atoms with Gasteiger partial charge in [0.25, 0.3) is 0 Å². The van der Waals surface area contributed by atoms with Crippen molar-refractivity contribution in [1.29, 1.82) is 5.26 Å². The fourth-order valence-corrected chi connectivity index (χ4v) is 5.72. The summed E-state index contributed by atoms with van der Waals surface area (Å²) >= 11 is 0. The Balaban J connectivity index is 1.79. The van der Waals surface area contributed by atoms with Crippen molar-refractivity contribution in [3.8, 4) is 6.07 Å². The lowest BCUT2D eigenvalue weighted by atomic mass is 9.77. The van der Waals surface area contributed by atoms with Gasteiger partial charge in [-0.1, -0.05) is 6.07 Å². The molecule has 3 rings (SSSR count). The molecule has 140 valence electrons. The van der Waals surface area contributed by atoms with Crippen LogP contribution in [0.25, 0.3) is 0 Å². The number of fused-ring (bicyclic) bond motifs is 1. The van der Waals surface area contributed by atoms with Crippen LogP contribution in [0.15, 0.2) is 29.2 Å². The van der Waals surface area contributed by atoms with Gasteiger partial charge in [0.2, 0.25) is 15.9 Å². The largest absolute Gasteiger partial charge is 0.379 e. The number of carbonyl (C=O) groups excluding carboxylic acids is 1. The molecule has 0 unspecified atom stereocenters. The zero-order valence-electron chi connectivity index (χ0n) is 14.9. The number of methoxy groups -OCH3 is 1. The molecule has 1 aromatic rings. The van der Waals surface area contributed by atoms with E-state index in [9.17, 15) is 13.2 Å². The Kier molecular flexibility index (Phi) is 5.32. The summed E-state index contributed by atoms with van der Waals surface area (Å²) in [5.41, 5.74) is 0.327. The highest BCUT2D eigenvalue weighted by atomic mass is 32.2. The Labute approximate surface area is 154 Å². The molecule has 1 N–H and O–H groups in total. The molecular weight excluding hydrogens is 354 g/mol. The van der Waals surface area contributed by atoms with Crippen LogP contribution in [0.1, 0.15) is 25.3 Å². The van der Waals surface area contributed by atoms with Gasteiger partial charge in [-0.25, -0.2) is 8.42 Å². The fourth-order valence-electron chi connectivity index (χ4n) is 4.12. The summed E-state index contributed by atoms with van der Waals surface area (Å²) in [5, 5.41) is 11.9. The normalized spacial score (nSPS) is 29.0. The van der Waals surface area contributed by atoms with Crippen LogP contribution in [0, 0.1) is 23.2 Å². The first-order valence-electron chi connectivity index (χ1n) is 8.65. The van der Waals surface area contributed by atoms with Crippen LogP contribution in [0.4, 0.5) is 0 Å². The van der Waals surface area contributed by atoms with Crippen LogP contribution in [-0.4, -0.2) is 51.0 Å². The SMILES string of the molecule is CO[C@@H]1C[C@H]2CN(S(=O)(=O)c3cccc(C#N)c3)C[C@H]2C[C@H]1NC(C)=O. The van der Waals surface area contributed by atoms with Crippen LogP contribution >= 0.6 is 0 Å². The molecule has 7 nitrogen and oxygen atoms in total. The second-order valence-electron chi connectivity index (χ2n) is 7.03. The van der Waals surface area contributed by atoms with E-state index in [1.807, 2.05) is 6.07 Å². The van der Waals surface area contributed by atoms with Crippen molar-refractivity contribution in [2.45, 2.75) is 36.8 Å². The van der Waals surface area contributed by atoms with E-state index in [0.29, 0.717) is 25.1 Å². The number of hydrogen-bond acceptors (Lipinski definition) is 5. The third-order valence-electron chi connectivity index (χ3n) is 5.38. The van der Waals surface area contributed by atoms with Crippen LogP contribution < -0.4 is 5.32 Å². The van der Waals surface area contributed by atoms with E-state index < -0.39 is 10.0 Å². The monoisotopic (exact) mass is 377 g/mol. The van der Waals surface area contributed by atoms with E-state index in [2.05, 4.69) is 5.32 Å². The van der Waals surface area contributed by atoms with E-state index in [4.69, 9.17) is 10.00 Å². The average molecular weight is 377 g/mol. The van der Waals surface area contributed by atoms with E-state index in [0.717, 1.165) is 6.42 Å². The number of carbonyl (C=O) groups is 1. The summed E-state index contributed by atoms with van der Waals surface area (Å²) < 4.78 is 33.0. The standard InChI is InChI=1S/C18H23N3O4S/c1-12(22)20-17-7-14-10-21(11-15(14)8-18(17)25-2)26(23,24)16-5-3-4-13(6-16)9-19/h3-6,14-15,17-18H,7-8,10-11H2,1-2H3,(H,20,22)/t14-,15+,17-,18-/m1/s1. The van der Waals surface area contributed by atoms with Gasteiger partial charge >= 0.3 is 0 Å². The summed E-state index contributed by atoms with van der Waals surface area (Å²) in [6, 6.07) is 7.99. The first-order valence-corrected chi connectivity index (χ1v) is 10.1. The van der Waals surface area contributed by atoms with E-state index in [1.54, 1.807) is 19.2 Å². The molecule has 1 saturated heterocycles. The number of rotatable bonds is 4. The van der Waals surface area contributed by atoms with Crippen LogP contribution in [0.2, 0.25) is 0 Å². The smallest absolute Gasteiger partial charge is 0.243 e. The van der Waals surface area contributed by atoms with E-state index in [-0.39, 0.29) is 34.8 Å². The molecule has 2 fully saturated rings. The maximum atomic E-state index is 13.0. The van der Waals surface area contributed by atoms with Gasteiger partial charge in [0, 0.05) is 27.1 Å². The highest BCUT2D eigenvalue weighted by Crippen LogP contribution is 2.39. The predicted molar refractivity (Wildman–Crippen MR) is 94.5 cm³/mol. The van der Waals surface area contributed by atoms with Crippen LogP contribution in [0.3, 0.4) is 0 Å². The summed E-state index contributed by atoms with van der Waals surface area (Å²) in [6.07, 6.45) is 1.31. The van der Waals surface area contributed by atoms with Gasteiger partial charge < -0.3 is 10.1 Å². The average Bonchev–Trinajstić information content (AvgIpc) is 3.04. The molecule has 26 heavy (non-hydrogen) atoms. The zero-order valence-corrected chi connectivity index (χ0v) is 15.7. The lowest BCUT2D eigenvalue weighted by Gasteiger charge is -2.37. The number of ether oxygens (including phenoxy) is 1. The Morgan fingerprint density at radius 1 is 1.31 bits per heavy atom. The molecule has 0 spiro atoms. The Hall–Kier alpha value is -1.95. The summed E-state index contributed by atoms with van der Waals surface area (Å²) in [7, 11) is -2.02. The van der Waals surface area contributed by atoms with Crippen molar-refractivity contribution < 1.29 is 17.9 Å². The van der Waals surface area contributed by atoms with Crippen molar-refractivity contribution in [1.82, 2.24) is 9.62 Å². The third kappa shape index (κ3) is 3.61. The first kappa shape index (κ1) is 18.8. The number of sulfonamides is 1. The Bertz CT molecular complexity index is 833. The van der Waals surface area contributed by atoms with Crippen molar-refractivity contribution >= 4 is 15.9 Å². The highest BCUT2D eigenvalue weighted by Gasteiger charge is 2.45. The lowest BCUT2D eigenvalue weighted by Crippen LogP contribution is -2.49. The number of benzene rings is 1. The number of nitriles is 1. The predicted octanol–water partition coefficient (Wildman–Crippen LogP) is 1.11. The molecule has 4 atom stereocenters. The van der Waals surface area contributed by atoms with E-state index >= 15 is 0 Å². The number of amides is 1. The maximum absolute atomic E-state index is 13.0. The quantitative estimate of drug-likeness (QED) is 0.847. The third-order valence-corrected chi connectivity index (χ3v) is 7.20. The minimum atomic E-state index is -3.64. The van der Waals surface area contributed by atoms with Crippen LogP contribution in [0.5, 0.6) is 0 Å². The molecule has 1 aliphatic heterocycles. The molecular formula is C18H23N3O4S. The summed E-state index contributed by atoms with van der Waals surface area (Å²) in [5.74, 6) is 0.289. The minimum absolute atomic E-state index is 0.0941. The maximum Gasteiger partial charge on any atom is 0.243 e. The Morgan fingerprint density at radius 3 is 2.62 bits per heavy atom. The number of nitrogens with one attached hydrogen (secondary N) is 1. The van der Waals surface area contributed by atoms with Gasteiger partial charge in [-0.15, -0.1) is 0 Å². The molecule has 1 heterocycles. The molecule has 2 aliphatic rings. The first-order chi connectivity index (χ1) is 12.3. The number of hydrogen-bond donors (Lipinski definition) is 1. The molecule has 8 heteroatoms. The van der Waals surface area contributed by atoms with Gasteiger partial charge in [0.1, 0.15) is 0 Å². The van der Waals surface area contributed by atoms with Gasteiger partial charge in [-0.2, -0.15) is 9.57 Å². The van der Waals surface area contributed by atoms with Crippen molar-refractivity contribution in [3.05, 3.63) is 29.8 Å². The van der Waals surface area contributed by atoms with Gasteiger partial charge in [-0.3, -0.25) is 4.79 Å². The summed E-state index contributed by atoms with van der Waals surface area (Å²) in [4.78, 5) is 11.6. The lowest BCUT2D eigenvalue weighted by molar-refractivity contribution is -0.121. The topological polar surface area (TPSA) is 99.5 Å². The van der Waals surface area contributed by atoms with E-state index in [1.165, 1.54) is 23.4 Å². The second-order valence-corrected chi connectivity index (χ2v) is 8.97. The molecule has 0 radical (unpaired) electrons. The fraction of sp³-hybridized carbons (Fsp3) is 0.556. The van der Waals surface area contributed by atoms with Gasteiger partial charge in [0.05, 0.1) is 28.7 Å². The molecule has 0 bridgehead atoms. The zero-order chi connectivity index (χ0) is 18.9. The Morgan fingerprint density at radius 2 is 2.00 bits per heavy atom.